The molecule has 2 aromatic rings. The van der Waals surface area contributed by atoms with Crippen molar-refractivity contribution >= 4 is 5.57 Å². The molecule has 0 atom stereocenters. The number of hydrogen-bond acceptors (Lipinski definition) is 2. The van der Waals surface area contributed by atoms with Gasteiger partial charge in [-0.15, -0.1) is 0 Å². The van der Waals surface area contributed by atoms with Gasteiger partial charge in [0.2, 0.25) is 0 Å². The van der Waals surface area contributed by atoms with E-state index in [4.69, 9.17) is 4.74 Å². The summed E-state index contributed by atoms with van der Waals surface area (Å²) in [5.41, 5.74) is 3.96. The normalized spacial score (nSPS) is 15.6. The van der Waals surface area contributed by atoms with Gasteiger partial charge in [-0.3, -0.25) is 4.90 Å². The number of methoxy groups -OCH3 is 1. The zero-order valence-electron chi connectivity index (χ0n) is 12.5. The summed E-state index contributed by atoms with van der Waals surface area (Å²) in [6.07, 6.45) is 3.44. The van der Waals surface area contributed by atoms with Crippen LogP contribution in [-0.4, -0.2) is 25.1 Å². The minimum Gasteiger partial charge on any atom is -0.496 e. The van der Waals surface area contributed by atoms with Crippen molar-refractivity contribution in [2.75, 3.05) is 20.2 Å². The van der Waals surface area contributed by atoms with Gasteiger partial charge < -0.3 is 4.74 Å². The third-order valence-corrected chi connectivity index (χ3v) is 3.93. The number of hydrogen-bond donors (Lipinski definition) is 0. The minimum atomic E-state index is 0.963. The first kappa shape index (κ1) is 13.9. The lowest BCUT2D eigenvalue weighted by atomic mass is 10.00. The van der Waals surface area contributed by atoms with Gasteiger partial charge in [0.15, 0.2) is 0 Å². The Bertz CT molecular complexity index is 618. The molecule has 21 heavy (non-hydrogen) atoms. The van der Waals surface area contributed by atoms with E-state index in [0.29, 0.717) is 0 Å². The van der Waals surface area contributed by atoms with Crippen molar-refractivity contribution in [3.8, 4) is 5.75 Å². The molecule has 3 rings (SSSR count). The average molecular weight is 279 g/mol. The van der Waals surface area contributed by atoms with Crippen LogP contribution >= 0.6 is 0 Å². The van der Waals surface area contributed by atoms with Crippen LogP contribution < -0.4 is 4.74 Å². The Morgan fingerprint density at radius 1 is 1.00 bits per heavy atom. The summed E-state index contributed by atoms with van der Waals surface area (Å²) in [6, 6.07) is 19.0. The van der Waals surface area contributed by atoms with Crippen LogP contribution in [0.3, 0.4) is 0 Å². The van der Waals surface area contributed by atoms with Crippen LogP contribution in [0.15, 0.2) is 60.7 Å². The molecule has 108 valence electrons. The lowest BCUT2D eigenvalue weighted by molar-refractivity contribution is 0.296. The fourth-order valence-corrected chi connectivity index (χ4v) is 2.89. The van der Waals surface area contributed by atoms with Gasteiger partial charge in [-0.05, 0) is 23.6 Å². The van der Waals surface area contributed by atoms with Gasteiger partial charge >= 0.3 is 0 Å². The van der Waals surface area contributed by atoms with E-state index in [-0.39, 0.29) is 0 Å². The van der Waals surface area contributed by atoms with Gasteiger partial charge in [0.1, 0.15) is 5.75 Å². The molecule has 0 fully saturated rings. The highest BCUT2D eigenvalue weighted by molar-refractivity contribution is 5.72. The third-order valence-electron chi connectivity index (χ3n) is 3.93. The molecule has 0 radical (unpaired) electrons. The number of rotatable bonds is 4. The van der Waals surface area contributed by atoms with Crippen LogP contribution in [0.4, 0.5) is 0 Å². The maximum absolute atomic E-state index is 5.49. The molecule has 0 aliphatic carbocycles. The van der Waals surface area contributed by atoms with E-state index in [1.165, 1.54) is 16.7 Å². The Kier molecular flexibility index (Phi) is 4.37. The second kappa shape index (κ2) is 6.59. The quantitative estimate of drug-likeness (QED) is 0.839. The summed E-state index contributed by atoms with van der Waals surface area (Å²) in [5.74, 6) is 0.963. The standard InChI is InChI=1S/C19H21NO/c1-21-19-12-6-5-11-18(19)17-10-7-13-20(15-17)14-16-8-3-2-4-9-16/h2-6,8-12H,7,13-15H2,1H3. The predicted molar refractivity (Wildman–Crippen MR) is 87.3 cm³/mol. The first-order valence-corrected chi connectivity index (χ1v) is 7.45. The SMILES string of the molecule is COc1ccccc1C1=CCCN(Cc2ccccc2)C1. The summed E-state index contributed by atoms with van der Waals surface area (Å²) in [5, 5.41) is 0. The number of para-hydroxylation sites is 1. The van der Waals surface area contributed by atoms with Crippen molar-refractivity contribution in [3.05, 3.63) is 71.8 Å². The van der Waals surface area contributed by atoms with Crippen LogP contribution in [0.1, 0.15) is 17.5 Å². The summed E-state index contributed by atoms with van der Waals surface area (Å²) in [4.78, 5) is 2.50. The predicted octanol–water partition coefficient (Wildman–Crippen LogP) is 3.98. The van der Waals surface area contributed by atoms with E-state index in [2.05, 4.69) is 53.4 Å². The molecule has 1 aliphatic heterocycles. The van der Waals surface area contributed by atoms with Crippen molar-refractivity contribution in [3.63, 3.8) is 0 Å². The van der Waals surface area contributed by atoms with E-state index >= 15 is 0 Å². The summed E-state index contributed by atoms with van der Waals surface area (Å²) in [7, 11) is 1.74. The van der Waals surface area contributed by atoms with E-state index in [9.17, 15) is 0 Å². The first-order valence-electron chi connectivity index (χ1n) is 7.45. The Morgan fingerprint density at radius 3 is 2.57 bits per heavy atom. The molecular formula is C19H21NO. The zero-order valence-corrected chi connectivity index (χ0v) is 12.5. The van der Waals surface area contributed by atoms with E-state index < -0.39 is 0 Å². The second-order valence-electron chi connectivity index (χ2n) is 5.41. The number of benzene rings is 2. The molecule has 1 aliphatic rings. The van der Waals surface area contributed by atoms with Crippen LogP contribution in [0.2, 0.25) is 0 Å². The van der Waals surface area contributed by atoms with Crippen LogP contribution in [0.5, 0.6) is 5.75 Å². The summed E-state index contributed by atoms with van der Waals surface area (Å²) in [6.45, 7) is 3.11. The lowest BCUT2D eigenvalue weighted by Gasteiger charge is -2.28. The Hall–Kier alpha value is -2.06. The Morgan fingerprint density at radius 2 is 1.76 bits per heavy atom. The highest BCUT2D eigenvalue weighted by Crippen LogP contribution is 2.29. The van der Waals surface area contributed by atoms with Crippen LogP contribution in [-0.2, 0) is 6.54 Å². The Balaban J connectivity index is 1.75. The molecule has 0 amide bonds. The van der Waals surface area contributed by atoms with Gasteiger partial charge in [0, 0.05) is 25.2 Å². The topological polar surface area (TPSA) is 12.5 Å². The Labute approximate surface area is 126 Å². The van der Waals surface area contributed by atoms with E-state index in [1.807, 2.05) is 12.1 Å². The highest BCUT2D eigenvalue weighted by Gasteiger charge is 2.16. The molecule has 0 spiro atoms. The molecular weight excluding hydrogens is 258 g/mol. The highest BCUT2D eigenvalue weighted by atomic mass is 16.5. The van der Waals surface area contributed by atoms with Crippen LogP contribution in [0.25, 0.3) is 5.57 Å². The number of ether oxygens (including phenoxy) is 1. The summed E-state index contributed by atoms with van der Waals surface area (Å²) < 4.78 is 5.49. The minimum absolute atomic E-state index is 0.963. The molecule has 2 aromatic carbocycles. The maximum atomic E-state index is 5.49. The number of nitrogens with zero attached hydrogens (tertiary/aromatic N) is 1. The molecule has 2 nitrogen and oxygen atoms in total. The largest absolute Gasteiger partial charge is 0.496 e. The average Bonchev–Trinajstić information content (AvgIpc) is 2.56. The third kappa shape index (κ3) is 3.34. The smallest absolute Gasteiger partial charge is 0.126 e. The van der Waals surface area contributed by atoms with Gasteiger partial charge in [0.05, 0.1) is 7.11 Å². The first-order chi connectivity index (χ1) is 10.4. The fraction of sp³-hybridized carbons (Fsp3) is 0.263. The molecule has 0 N–H and O–H groups in total. The second-order valence-corrected chi connectivity index (χ2v) is 5.41. The van der Waals surface area contributed by atoms with Gasteiger partial charge in [-0.2, -0.15) is 0 Å². The van der Waals surface area contributed by atoms with Gasteiger partial charge in [0.25, 0.3) is 0 Å². The van der Waals surface area contributed by atoms with E-state index in [0.717, 1.165) is 31.8 Å². The fourth-order valence-electron chi connectivity index (χ4n) is 2.89. The molecule has 0 bridgehead atoms. The van der Waals surface area contributed by atoms with Gasteiger partial charge in [-0.1, -0.05) is 54.6 Å². The van der Waals surface area contributed by atoms with Crippen molar-refractivity contribution in [1.29, 1.82) is 0 Å². The molecule has 1 heterocycles. The van der Waals surface area contributed by atoms with E-state index in [1.54, 1.807) is 7.11 Å². The van der Waals surface area contributed by atoms with Crippen molar-refractivity contribution < 1.29 is 4.74 Å². The molecule has 0 saturated carbocycles. The molecule has 0 unspecified atom stereocenters. The summed E-state index contributed by atoms with van der Waals surface area (Å²) >= 11 is 0. The monoisotopic (exact) mass is 279 g/mol. The van der Waals surface area contributed by atoms with Crippen molar-refractivity contribution in [1.82, 2.24) is 4.90 Å². The molecule has 2 heteroatoms. The zero-order chi connectivity index (χ0) is 14.5. The van der Waals surface area contributed by atoms with Crippen molar-refractivity contribution in [2.24, 2.45) is 0 Å². The lowest BCUT2D eigenvalue weighted by Crippen LogP contribution is -2.29. The maximum Gasteiger partial charge on any atom is 0.126 e. The van der Waals surface area contributed by atoms with Crippen LogP contribution in [0, 0.1) is 0 Å². The van der Waals surface area contributed by atoms with Crippen molar-refractivity contribution in [2.45, 2.75) is 13.0 Å². The molecule has 0 aromatic heterocycles. The molecule has 0 saturated heterocycles. The van der Waals surface area contributed by atoms with Gasteiger partial charge in [-0.25, -0.2) is 0 Å².